The number of fused-ring (bicyclic) bond motifs is 1. The molecule has 5 nitrogen and oxygen atoms in total. The topological polar surface area (TPSA) is 52.2 Å². The maximum Gasteiger partial charge on any atom is 0.226 e. The molecular formula is C23H26N4O. The van der Waals surface area contributed by atoms with E-state index in [0.717, 1.165) is 43.7 Å². The van der Waals surface area contributed by atoms with E-state index in [2.05, 4.69) is 45.2 Å². The number of hydrogen-bond donors (Lipinski definition) is 1. The Bertz CT molecular complexity index is 921. The summed E-state index contributed by atoms with van der Waals surface area (Å²) in [5.41, 5.74) is 5.90. The van der Waals surface area contributed by atoms with E-state index in [0.29, 0.717) is 6.42 Å². The lowest BCUT2D eigenvalue weighted by Gasteiger charge is -2.22. The van der Waals surface area contributed by atoms with Crippen molar-refractivity contribution in [1.29, 1.82) is 0 Å². The van der Waals surface area contributed by atoms with Gasteiger partial charge in [0, 0.05) is 37.6 Å². The van der Waals surface area contributed by atoms with Crippen LogP contribution in [0.5, 0.6) is 0 Å². The molecule has 1 aliphatic heterocycles. The third-order valence-corrected chi connectivity index (χ3v) is 5.44. The molecule has 0 spiro atoms. The van der Waals surface area contributed by atoms with Gasteiger partial charge in [-0.2, -0.15) is 0 Å². The number of hydrogen-bond acceptors (Lipinski definition) is 3. The van der Waals surface area contributed by atoms with Gasteiger partial charge in [0.1, 0.15) is 0 Å². The molecule has 0 saturated heterocycles. The van der Waals surface area contributed by atoms with E-state index < -0.39 is 0 Å². The van der Waals surface area contributed by atoms with Crippen LogP contribution < -0.4 is 9.80 Å². The molecular weight excluding hydrogens is 348 g/mol. The zero-order chi connectivity index (χ0) is 19.3. The molecule has 3 aromatic rings. The maximum absolute atomic E-state index is 12.7. The van der Waals surface area contributed by atoms with Crippen molar-refractivity contribution < 1.29 is 4.79 Å². The molecule has 144 valence electrons. The second-order valence-electron chi connectivity index (χ2n) is 7.35. The van der Waals surface area contributed by atoms with Crippen LogP contribution in [0.1, 0.15) is 29.7 Å². The minimum absolute atomic E-state index is 0.161. The van der Waals surface area contributed by atoms with Crippen LogP contribution in [0.2, 0.25) is 0 Å². The Kier molecular flexibility index (Phi) is 5.42. The van der Waals surface area contributed by atoms with E-state index in [1.807, 2.05) is 31.4 Å². The molecule has 1 amide bonds. The molecule has 0 saturated carbocycles. The van der Waals surface area contributed by atoms with Gasteiger partial charge in [-0.25, -0.2) is 4.98 Å². The van der Waals surface area contributed by atoms with Crippen LogP contribution in [0.15, 0.2) is 61.1 Å². The quantitative estimate of drug-likeness (QED) is 0.681. The van der Waals surface area contributed by atoms with Crippen LogP contribution in [0, 0.1) is 0 Å². The number of aryl methyl sites for hydroxylation is 1. The highest BCUT2D eigenvalue weighted by atomic mass is 16.2. The lowest BCUT2D eigenvalue weighted by molar-refractivity contribution is -0.118. The number of rotatable bonds is 7. The van der Waals surface area contributed by atoms with E-state index in [1.54, 1.807) is 11.2 Å². The third-order valence-electron chi connectivity index (χ3n) is 5.44. The summed E-state index contributed by atoms with van der Waals surface area (Å²) in [5.74, 6) is 0.161. The first kappa shape index (κ1) is 18.3. The van der Waals surface area contributed by atoms with Crippen molar-refractivity contribution in [3.63, 3.8) is 0 Å². The van der Waals surface area contributed by atoms with Gasteiger partial charge >= 0.3 is 0 Å². The predicted molar refractivity (Wildman–Crippen MR) is 113 cm³/mol. The number of anilines is 2. The highest BCUT2D eigenvalue weighted by Gasteiger charge is 2.21. The van der Waals surface area contributed by atoms with Crippen LogP contribution in [0.4, 0.5) is 11.4 Å². The van der Waals surface area contributed by atoms with Gasteiger partial charge in [0.05, 0.1) is 18.6 Å². The van der Waals surface area contributed by atoms with E-state index in [9.17, 15) is 4.79 Å². The number of benzene rings is 2. The summed E-state index contributed by atoms with van der Waals surface area (Å²) < 4.78 is 0. The van der Waals surface area contributed by atoms with Gasteiger partial charge in [-0.3, -0.25) is 4.79 Å². The Morgan fingerprint density at radius 2 is 2.07 bits per heavy atom. The van der Waals surface area contributed by atoms with Crippen molar-refractivity contribution in [2.75, 3.05) is 23.4 Å². The monoisotopic (exact) mass is 374 g/mol. The van der Waals surface area contributed by atoms with Gasteiger partial charge in [-0.15, -0.1) is 0 Å². The normalized spacial score (nSPS) is 12.8. The number of aromatic amines is 1. The Hall–Kier alpha value is -3.08. The summed E-state index contributed by atoms with van der Waals surface area (Å²) in [6.45, 7) is 1.80. The number of amides is 1. The SMILES string of the molecule is CN(C(=O)CCCc1ccccc1)c1ccc2c(c1)N(Cc1cnc[nH]1)CC2. The molecule has 28 heavy (non-hydrogen) atoms. The Labute approximate surface area is 166 Å². The number of aromatic nitrogens is 2. The van der Waals surface area contributed by atoms with Crippen molar-refractivity contribution in [2.45, 2.75) is 32.2 Å². The standard InChI is InChI=1S/C23H26N4O/c1-26(23(28)9-5-8-18-6-3-2-4-7-18)21-11-10-19-12-13-27(22(19)14-21)16-20-15-24-17-25-20/h2-4,6-7,10-11,14-15,17H,5,8-9,12-13,16H2,1H3,(H,24,25). The van der Waals surface area contributed by atoms with Gasteiger partial charge in [-0.05, 0) is 42.5 Å². The highest BCUT2D eigenvalue weighted by molar-refractivity contribution is 5.93. The van der Waals surface area contributed by atoms with Crippen molar-refractivity contribution >= 4 is 17.3 Å². The number of imidazole rings is 1. The van der Waals surface area contributed by atoms with Crippen LogP contribution >= 0.6 is 0 Å². The number of nitrogens with one attached hydrogen (secondary N) is 1. The fourth-order valence-corrected chi connectivity index (χ4v) is 3.78. The third kappa shape index (κ3) is 4.09. The molecule has 2 heterocycles. The van der Waals surface area contributed by atoms with Crippen LogP contribution in [-0.4, -0.2) is 29.5 Å². The maximum atomic E-state index is 12.7. The first-order chi connectivity index (χ1) is 13.7. The fourth-order valence-electron chi connectivity index (χ4n) is 3.78. The Morgan fingerprint density at radius 1 is 1.21 bits per heavy atom. The van der Waals surface area contributed by atoms with Crippen LogP contribution in [0.3, 0.4) is 0 Å². The minimum Gasteiger partial charge on any atom is -0.365 e. The summed E-state index contributed by atoms with van der Waals surface area (Å²) in [4.78, 5) is 24.1. The Balaban J connectivity index is 1.39. The number of H-pyrrole nitrogens is 1. The summed E-state index contributed by atoms with van der Waals surface area (Å²) in [5, 5.41) is 0. The van der Waals surface area contributed by atoms with Gasteiger partial charge in [0.15, 0.2) is 0 Å². The molecule has 0 unspecified atom stereocenters. The molecule has 4 rings (SSSR count). The van der Waals surface area contributed by atoms with Gasteiger partial charge in [0.2, 0.25) is 5.91 Å². The summed E-state index contributed by atoms with van der Waals surface area (Å²) in [7, 11) is 1.88. The molecule has 0 aliphatic carbocycles. The van der Waals surface area contributed by atoms with Crippen molar-refractivity contribution in [3.05, 3.63) is 77.9 Å². The van der Waals surface area contributed by atoms with E-state index in [4.69, 9.17) is 0 Å². The molecule has 2 aromatic carbocycles. The summed E-state index contributed by atoms with van der Waals surface area (Å²) in [6, 6.07) is 16.7. The number of nitrogens with zero attached hydrogens (tertiary/aromatic N) is 3. The van der Waals surface area contributed by atoms with E-state index in [-0.39, 0.29) is 5.91 Å². The van der Waals surface area contributed by atoms with Crippen molar-refractivity contribution in [3.8, 4) is 0 Å². The number of carbonyl (C=O) groups is 1. The van der Waals surface area contributed by atoms with Gasteiger partial charge in [0.25, 0.3) is 0 Å². The second kappa shape index (κ2) is 8.30. The minimum atomic E-state index is 0.161. The molecule has 0 radical (unpaired) electrons. The average Bonchev–Trinajstić information content (AvgIpc) is 3.38. The Morgan fingerprint density at radius 3 is 2.86 bits per heavy atom. The van der Waals surface area contributed by atoms with Crippen LogP contribution in [0.25, 0.3) is 0 Å². The smallest absolute Gasteiger partial charge is 0.226 e. The first-order valence-electron chi connectivity index (χ1n) is 9.86. The zero-order valence-electron chi connectivity index (χ0n) is 16.3. The molecule has 0 fully saturated rings. The molecule has 1 aromatic heterocycles. The lowest BCUT2D eigenvalue weighted by atomic mass is 10.1. The second-order valence-corrected chi connectivity index (χ2v) is 7.35. The highest BCUT2D eigenvalue weighted by Crippen LogP contribution is 2.33. The lowest BCUT2D eigenvalue weighted by Crippen LogP contribution is -2.26. The summed E-state index contributed by atoms with van der Waals surface area (Å²) >= 11 is 0. The molecule has 1 aliphatic rings. The van der Waals surface area contributed by atoms with E-state index in [1.165, 1.54) is 16.8 Å². The summed E-state index contributed by atoms with van der Waals surface area (Å²) in [6.07, 6.45) is 6.97. The number of carbonyl (C=O) groups excluding carboxylic acids is 1. The average molecular weight is 374 g/mol. The van der Waals surface area contributed by atoms with Gasteiger partial charge in [-0.1, -0.05) is 36.4 Å². The molecule has 1 N–H and O–H groups in total. The van der Waals surface area contributed by atoms with Crippen molar-refractivity contribution in [2.24, 2.45) is 0 Å². The predicted octanol–water partition coefficient (Wildman–Crippen LogP) is 3.96. The fraction of sp³-hybridized carbons (Fsp3) is 0.304. The largest absolute Gasteiger partial charge is 0.365 e. The first-order valence-corrected chi connectivity index (χ1v) is 9.86. The van der Waals surface area contributed by atoms with Gasteiger partial charge < -0.3 is 14.8 Å². The molecule has 0 bridgehead atoms. The van der Waals surface area contributed by atoms with Crippen molar-refractivity contribution in [1.82, 2.24) is 9.97 Å². The molecule has 0 atom stereocenters. The van der Waals surface area contributed by atoms with Crippen LogP contribution in [-0.2, 0) is 24.2 Å². The zero-order valence-corrected chi connectivity index (χ0v) is 16.3. The van der Waals surface area contributed by atoms with E-state index >= 15 is 0 Å². The molecule has 5 heteroatoms.